The number of hydrogen-bond acceptors (Lipinski definition) is 4. The molecule has 2 rings (SSSR count). The Hall–Kier alpha value is -2.03. The molecule has 0 unspecified atom stereocenters. The fourth-order valence-corrected chi connectivity index (χ4v) is 4.41. The Labute approximate surface area is 195 Å². The molecule has 2 aromatic rings. The highest BCUT2D eigenvalue weighted by atomic mass is 31.1. The van der Waals surface area contributed by atoms with Crippen molar-refractivity contribution in [3.05, 3.63) is 47.0 Å². The molecule has 0 saturated heterocycles. The highest BCUT2D eigenvalue weighted by Crippen LogP contribution is 2.31. The van der Waals surface area contributed by atoms with Crippen molar-refractivity contribution in [3.8, 4) is 17.2 Å². The maximum Gasteiger partial charge on any atom is 0.138 e. The molecule has 0 N–H and O–H groups in total. The molecule has 5 heteroatoms. The fraction of sp³-hybridized carbons (Fsp3) is 0.519. The van der Waals surface area contributed by atoms with Gasteiger partial charge in [-0.1, -0.05) is 66.4 Å². The third-order valence-corrected chi connectivity index (χ3v) is 6.29. The zero-order valence-corrected chi connectivity index (χ0v) is 21.2. The summed E-state index contributed by atoms with van der Waals surface area (Å²) in [6.45, 7) is 12.2. The van der Waals surface area contributed by atoms with E-state index in [0.29, 0.717) is 39.5 Å². The van der Waals surface area contributed by atoms with Crippen molar-refractivity contribution in [3.63, 3.8) is 0 Å². The molecule has 4 nitrogen and oxygen atoms in total. The summed E-state index contributed by atoms with van der Waals surface area (Å²) < 4.78 is 18.3. The lowest BCUT2D eigenvalue weighted by molar-refractivity contribution is -0.207. The second-order valence-corrected chi connectivity index (χ2v) is 9.13. The summed E-state index contributed by atoms with van der Waals surface area (Å²) in [7, 11) is 0.556. The zero-order chi connectivity index (χ0) is 23.3. The summed E-state index contributed by atoms with van der Waals surface area (Å²) in [5.74, 6) is 2.09. The molecular weight excluding hydrogens is 419 g/mol. The van der Waals surface area contributed by atoms with Gasteiger partial charge in [-0.05, 0) is 49.8 Å². The van der Waals surface area contributed by atoms with Crippen molar-refractivity contribution < 1.29 is 19.3 Å². The first-order valence-corrected chi connectivity index (χ1v) is 12.8. The highest BCUT2D eigenvalue weighted by molar-refractivity contribution is 7.49. The van der Waals surface area contributed by atoms with Crippen molar-refractivity contribution in [1.82, 2.24) is 0 Å². The minimum absolute atomic E-state index is 0.0564. The molecule has 0 atom stereocenters. The van der Waals surface area contributed by atoms with Crippen molar-refractivity contribution in [1.29, 1.82) is 0 Å². The topological polar surface area (TPSA) is 50.8 Å². The van der Waals surface area contributed by atoms with E-state index >= 15 is 0 Å². The molecule has 0 saturated carbocycles. The standard InChI is InChI=1S/C27H39O4P/c1-6-9-15-29-22-18-23(30-16-10-7-2)26(24(19-22)31-17-11-8-3)32-27(28)25-20(4)13-12-14-21(25)5/h12-14,18-19,28H,6-11,15-17H2,1-5H3/p-1. The van der Waals surface area contributed by atoms with Crippen molar-refractivity contribution in [2.75, 3.05) is 19.8 Å². The molecular formula is C27H38O4P-. The highest BCUT2D eigenvalue weighted by Gasteiger charge is 2.15. The quantitative estimate of drug-likeness (QED) is 0.260. The van der Waals surface area contributed by atoms with Crippen LogP contribution in [0.3, 0.4) is 0 Å². The van der Waals surface area contributed by atoms with Crippen molar-refractivity contribution in [2.45, 2.75) is 73.1 Å². The zero-order valence-electron chi connectivity index (χ0n) is 20.3. The van der Waals surface area contributed by atoms with Gasteiger partial charge in [0.05, 0.1) is 25.1 Å². The van der Waals surface area contributed by atoms with Gasteiger partial charge < -0.3 is 19.3 Å². The van der Waals surface area contributed by atoms with Gasteiger partial charge in [0, 0.05) is 12.1 Å². The molecule has 0 aliphatic heterocycles. The first-order chi connectivity index (χ1) is 15.5. The number of aryl methyl sites for hydroxylation is 2. The SMILES string of the molecule is CCCCOc1cc(OCCCC)c(P=C([O-])c2c(C)cccc2C)c(OCCCC)c1. The van der Waals surface area contributed by atoms with E-state index in [9.17, 15) is 5.11 Å². The molecule has 0 aliphatic carbocycles. The van der Waals surface area contributed by atoms with Gasteiger partial charge in [-0.2, -0.15) is 0 Å². The van der Waals surface area contributed by atoms with Crippen LogP contribution in [0.5, 0.6) is 17.2 Å². The number of ether oxygens (including phenoxy) is 3. The Bertz CT molecular complexity index is 825. The maximum absolute atomic E-state index is 13.4. The van der Waals surface area contributed by atoms with Crippen LogP contribution in [-0.2, 0) is 0 Å². The van der Waals surface area contributed by atoms with Crippen LogP contribution in [0.2, 0.25) is 0 Å². The van der Waals surface area contributed by atoms with Gasteiger partial charge in [-0.15, -0.1) is 5.48 Å². The first-order valence-electron chi connectivity index (χ1n) is 11.9. The molecule has 0 fully saturated rings. The fourth-order valence-electron chi connectivity index (χ4n) is 3.27. The number of rotatable bonds is 14. The largest absolute Gasteiger partial charge is 0.823 e. The summed E-state index contributed by atoms with van der Waals surface area (Å²) in [6, 6.07) is 9.78. The van der Waals surface area contributed by atoms with Crippen molar-refractivity contribution in [2.24, 2.45) is 0 Å². The third kappa shape index (κ3) is 7.83. The molecule has 0 spiro atoms. The average Bonchev–Trinajstić information content (AvgIpc) is 2.76. The van der Waals surface area contributed by atoms with Crippen LogP contribution in [0.4, 0.5) is 0 Å². The monoisotopic (exact) mass is 457 g/mol. The number of unbranched alkanes of at least 4 members (excludes halogenated alkanes) is 3. The van der Waals surface area contributed by atoms with E-state index in [2.05, 4.69) is 20.8 Å². The van der Waals surface area contributed by atoms with Gasteiger partial charge in [0.15, 0.2) is 0 Å². The Morgan fingerprint density at radius 3 is 1.72 bits per heavy atom. The van der Waals surface area contributed by atoms with Crippen LogP contribution < -0.4 is 24.6 Å². The smallest absolute Gasteiger partial charge is 0.138 e. The molecule has 0 bridgehead atoms. The minimum Gasteiger partial charge on any atom is -0.823 e. The number of benzene rings is 2. The Morgan fingerprint density at radius 2 is 1.25 bits per heavy atom. The maximum atomic E-state index is 13.4. The average molecular weight is 458 g/mol. The van der Waals surface area contributed by atoms with Gasteiger partial charge in [0.2, 0.25) is 0 Å². The van der Waals surface area contributed by atoms with Gasteiger partial charge in [-0.3, -0.25) is 0 Å². The van der Waals surface area contributed by atoms with Crippen LogP contribution in [0.15, 0.2) is 30.3 Å². The van der Waals surface area contributed by atoms with Crippen LogP contribution in [-0.4, -0.2) is 25.3 Å². The second-order valence-electron chi connectivity index (χ2n) is 8.06. The van der Waals surface area contributed by atoms with E-state index in [1.165, 1.54) is 0 Å². The molecule has 32 heavy (non-hydrogen) atoms. The van der Waals surface area contributed by atoms with Gasteiger partial charge in [-0.25, -0.2) is 0 Å². The van der Waals surface area contributed by atoms with Crippen LogP contribution in [0, 0.1) is 13.8 Å². The summed E-state index contributed by atoms with van der Waals surface area (Å²) in [4.78, 5) is 0. The van der Waals surface area contributed by atoms with E-state index in [1.807, 2.05) is 44.2 Å². The normalized spacial score (nSPS) is 11.5. The van der Waals surface area contributed by atoms with Crippen LogP contribution in [0.1, 0.15) is 76.0 Å². The lowest BCUT2D eigenvalue weighted by Gasteiger charge is -2.21. The molecule has 0 aromatic heterocycles. The van der Waals surface area contributed by atoms with E-state index in [-0.39, 0.29) is 5.48 Å². The third-order valence-electron chi connectivity index (χ3n) is 5.20. The lowest BCUT2D eigenvalue weighted by atomic mass is 10.0. The molecule has 0 aliphatic rings. The van der Waals surface area contributed by atoms with Crippen molar-refractivity contribution >= 4 is 19.0 Å². The predicted molar refractivity (Wildman–Crippen MR) is 134 cm³/mol. The number of hydrogen-bond donors (Lipinski definition) is 0. The molecule has 0 radical (unpaired) electrons. The van der Waals surface area contributed by atoms with E-state index in [4.69, 9.17) is 14.2 Å². The van der Waals surface area contributed by atoms with Gasteiger partial charge >= 0.3 is 0 Å². The van der Waals surface area contributed by atoms with E-state index in [0.717, 1.165) is 66.3 Å². The molecule has 2 aromatic carbocycles. The molecule has 0 heterocycles. The van der Waals surface area contributed by atoms with E-state index in [1.54, 1.807) is 0 Å². The predicted octanol–water partition coefficient (Wildman–Crippen LogP) is 5.95. The van der Waals surface area contributed by atoms with Crippen LogP contribution in [0.25, 0.3) is 0 Å². The summed E-state index contributed by atoms with van der Waals surface area (Å²) in [5, 5.41) is 14.1. The summed E-state index contributed by atoms with van der Waals surface area (Å²) >= 11 is 0. The Morgan fingerprint density at radius 1 is 0.781 bits per heavy atom. The lowest BCUT2D eigenvalue weighted by Crippen LogP contribution is -2.21. The molecule has 0 amide bonds. The first kappa shape index (κ1) is 26.2. The Balaban J connectivity index is 2.53. The second kappa shape index (κ2) is 14.2. The summed E-state index contributed by atoms with van der Waals surface area (Å²) in [5.41, 5.74) is 2.81. The Kier molecular flexibility index (Phi) is 11.6. The summed E-state index contributed by atoms with van der Waals surface area (Å²) in [6.07, 6.45) is 6.05. The molecule has 176 valence electrons. The van der Waals surface area contributed by atoms with Gasteiger partial charge in [0.25, 0.3) is 0 Å². The van der Waals surface area contributed by atoms with Gasteiger partial charge in [0.1, 0.15) is 17.2 Å². The van der Waals surface area contributed by atoms with Crippen LogP contribution >= 0.6 is 8.20 Å². The van der Waals surface area contributed by atoms with E-state index < -0.39 is 0 Å². The minimum atomic E-state index is 0.0564.